The quantitative estimate of drug-likeness (QED) is 0.488. The van der Waals surface area contributed by atoms with E-state index in [9.17, 15) is 4.57 Å². The van der Waals surface area contributed by atoms with Crippen molar-refractivity contribution in [2.24, 2.45) is 0 Å². The van der Waals surface area contributed by atoms with Crippen LogP contribution in [-0.2, 0) is 13.8 Å². The third kappa shape index (κ3) is 2.00. The molecular formula is C6H12N2O3P+. The van der Waals surface area contributed by atoms with E-state index in [1.807, 2.05) is 13.8 Å². The molecule has 0 aromatic heterocycles. The molecule has 0 N–H and O–H groups in total. The summed E-state index contributed by atoms with van der Waals surface area (Å²) < 4.78 is 21.0. The zero-order valence-corrected chi connectivity index (χ0v) is 8.03. The molecule has 2 heterocycles. The first-order valence-electron chi connectivity index (χ1n) is 4.03. The van der Waals surface area contributed by atoms with Crippen molar-refractivity contribution in [2.45, 2.75) is 25.9 Å². The highest BCUT2D eigenvalue weighted by Gasteiger charge is 2.45. The normalized spacial score (nSPS) is 45.7. The maximum absolute atomic E-state index is 11.1. The lowest BCUT2D eigenvalue weighted by molar-refractivity contribution is -0.0130. The molecule has 5 nitrogen and oxygen atoms in total. The Balaban J connectivity index is 1.64. The number of hydroxylamine groups is 4. The molecule has 0 aliphatic carbocycles. The standard InChI is InChI=1S/C6H12N2O3P/c1-5-3-7(5)10-12(9)11-8-4-6(8)2/h5-6H,3-4H2,1-2H3/q+1/t5-,6-,7?,8?/m0/s1. The zero-order chi connectivity index (χ0) is 8.72. The van der Waals surface area contributed by atoms with Gasteiger partial charge in [-0.2, -0.15) is 0 Å². The fraction of sp³-hybridized carbons (Fsp3) is 1.00. The minimum absolute atomic E-state index is 0.388. The van der Waals surface area contributed by atoms with E-state index in [0.29, 0.717) is 12.1 Å². The van der Waals surface area contributed by atoms with Crippen molar-refractivity contribution in [1.82, 2.24) is 10.1 Å². The summed E-state index contributed by atoms with van der Waals surface area (Å²) in [5, 5.41) is 3.29. The van der Waals surface area contributed by atoms with Gasteiger partial charge in [0, 0.05) is 17.7 Å². The highest BCUT2D eigenvalue weighted by Crippen LogP contribution is 2.36. The summed E-state index contributed by atoms with van der Waals surface area (Å²) in [4.78, 5) is 0. The summed E-state index contributed by atoms with van der Waals surface area (Å²) in [5.41, 5.74) is 0. The summed E-state index contributed by atoms with van der Waals surface area (Å²) >= 11 is 0. The van der Waals surface area contributed by atoms with Crippen molar-refractivity contribution in [2.75, 3.05) is 13.1 Å². The van der Waals surface area contributed by atoms with Gasteiger partial charge in [0.2, 0.25) is 0 Å². The minimum Gasteiger partial charge on any atom is -0.130 e. The van der Waals surface area contributed by atoms with Crippen LogP contribution in [0.5, 0.6) is 0 Å². The van der Waals surface area contributed by atoms with Crippen LogP contribution in [0.25, 0.3) is 0 Å². The van der Waals surface area contributed by atoms with E-state index in [4.69, 9.17) is 9.25 Å². The molecule has 2 fully saturated rings. The van der Waals surface area contributed by atoms with Crippen LogP contribution in [-0.4, -0.2) is 35.3 Å². The van der Waals surface area contributed by atoms with Crippen molar-refractivity contribution < 1.29 is 13.8 Å². The molecule has 0 saturated carbocycles. The van der Waals surface area contributed by atoms with Crippen molar-refractivity contribution in [3.05, 3.63) is 0 Å². The lowest BCUT2D eigenvalue weighted by Gasteiger charge is -1.89. The Morgan fingerprint density at radius 2 is 1.50 bits per heavy atom. The molecule has 2 rings (SSSR count). The molecule has 2 saturated heterocycles. The molecule has 0 bridgehead atoms. The van der Waals surface area contributed by atoms with E-state index in [2.05, 4.69) is 0 Å². The van der Waals surface area contributed by atoms with E-state index < -0.39 is 8.25 Å². The predicted molar refractivity (Wildman–Crippen MR) is 42.1 cm³/mol. The van der Waals surface area contributed by atoms with Crippen LogP contribution in [0.1, 0.15) is 13.8 Å². The second-order valence-electron chi connectivity index (χ2n) is 3.28. The highest BCUT2D eigenvalue weighted by molar-refractivity contribution is 7.33. The van der Waals surface area contributed by atoms with Crippen LogP contribution in [0, 0.1) is 0 Å². The Hall–Kier alpha value is -0.0600. The largest absolute Gasteiger partial charge is 0.735 e. The summed E-state index contributed by atoms with van der Waals surface area (Å²) in [6, 6.07) is 0.776. The zero-order valence-electron chi connectivity index (χ0n) is 7.14. The van der Waals surface area contributed by atoms with Gasteiger partial charge in [0.05, 0.1) is 12.1 Å². The van der Waals surface area contributed by atoms with Gasteiger partial charge < -0.3 is 0 Å². The second-order valence-corrected chi connectivity index (χ2v) is 4.06. The van der Waals surface area contributed by atoms with Crippen LogP contribution < -0.4 is 0 Å². The molecule has 2 aliphatic heterocycles. The Morgan fingerprint density at radius 1 is 1.17 bits per heavy atom. The van der Waals surface area contributed by atoms with E-state index in [1.165, 1.54) is 0 Å². The summed E-state index contributed by atoms with van der Waals surface area (Å²) in [6.07, 6.45) is 0. The fourth-order valence-electron chi connectivity index (χ4n) is 0.840. The van der Waals surface area contributed by atoms with Gasteiger partial charge in [0.25, 0.3) is 0 Å². The van der Waals surface area contributed by atoms with Gasteiger partial charge in [0.15, 0.2) is 0 Å². The third-order valence-corrected chi connectivity index (χ3v) is 2.63. The predicted octanol–water partition coefficient (Wildman–Crippen LogP) is 0.915. The second kappa shape index (κ2) is 3.01. The van der Waals surface area contributed by atoms with Gasteiger partial charge in [-0.05, 0) is 23.1 Å². The molecule has 0 spiro atoms. The first-order valence-corrected chi connectivity index (χ1v) is 5.13. The summed E-state index contributed by atoms with van der Waals surface area (Å²) in [6.45, 7) is 5.70. The summed E-state index contributed by atoms with van der Waals surface area (Å²) in [5.74, 6) is 0. The van der Waals surface area contributed by atoms with Crippen LogP contribution in [0.2, 0.25) is 0 Å². The average Bonchev–Trinajstić information content (AvgIpc) is 2.80. The fourth-order valence-corrected chi connectivity index (χ4v) is 1.67. The first-order chi connectivity index (χ1) is 5.66. The number of hydrogen-bond donors (Lipinski definition) is 0. The molecule has 2 unspecified atom stereocenters. The summed E-state index contributed by atoms with van der Waals surface area (Å²) in [7, 11) is -1.99. The number of rotatable bonds is 4. The minimum atomic E-state index is -1.99. The van der Waals surface area contributed by atoms with Crippen LogP contribution in [0.4, 0.5) is 0 Å². The van der Waals surface area contributed by atoms with Gasteiger partial charge in [-0.1, -0.05) is 0 Å². The molecule has 0 aromatic rings. The van der Waals surface area contributed by atoms with Crippen molar-refractivity contribution in [1.29, 1.82) is 0 Å². The molecule has 0 radical (unpaired) electrons. The lowest BCUT2D eigenvalue weighted by Crippen LogP contribution is -2.00. The van der Waals surface area contributed by atoms with Crippen LogP contribution in [0.15, 0.2) is 0 Å². The monoisotopic (exact) mass is 191 g/mol. The molecule has 0 aromatic carbocycles. The Kier molecular flexibility index (Phi) is 2.14. The molecule has 0 amide bonds. The first kappa shape index (κ1) is 8.53. The van der Waals surface area contributed by atoms with Crippen molar-refractivity contribution in [3.8, 4) is 0 Å². The van der Waals surface area contributed by atoms with Gasteiger partial charge >= 0.3 is 8.25 Å². The third-order valence-electron chi connectivity index (χ3n) is 1.95. The van der Waals surface area contributed by atoms with Crippen molar-refractivity contribution in [3.63, 3.8) is 0 Å². The lowest BCUT2D eigenvalue weighted by atomic mass is 10.6. The SMILES string of the molecule is C[C@H]1CN1O[P+](=O)ON1C[C@@H]1C. The molecule has 2 aliphatic rings. The number of hydrogen-bond acceptors (Lipinski definition) is 5. The average molecular weight is 191 g/mol. The van der Waals surface area contributed by atoms with E-state index >= 15 is 0 Å². The van der Waals surface area contributed by atoms with Crippen molar-refractivity contribution >= 4 is 8.25 Å². The highest BCUT2D eigenvalue weighted by atomic mass is 31.1. The Bertz CT molecular complexity index is 193. The van der Waals surface area contributed by atoms with Crippen LogP contribution >= 0.6 is 8.25 Å². The van der Waals surface area contributed by atoms with Gasteiger partial charge in [-0.15, -0.1) is 10.1 Å². The van der Waals surface area contributed by atoms with Gasteiger partial charge in [-0.25, -0.2) is 0 Å². The van der Waals surface area contributed by atoms with Gasteiger partial charge in [-0.3, -0.25) is 0 Å². The van der Waals surface area contributed by atoms with Gasteiger partial charge in [0.1, 0.15) is 0 Å². The van der Waals surface area contributed by atoms with E-state index in [-0.39, 0.29) is 0 Å². The molecule has 68 valence electrons. The topological polar surface area (TPSA) is 41.6 Å². The smallest absolute Gasteiger partial charge is 0.130 e. The molecule has 6 heteroatoms. The van der Waals surface area contributed by atoms with Crippen LogP contribution in [0.3, 0.4) is 0 Å². The van der Waals surface area contributed by atoms with E-state index in [0.717, 1.165) is 13.1 Å². The maximum atomic E-state index is 11.1. The Morgan fingerprint density at radius 3 is 1.75 bits per heavy atom. The Labute approximate surface area is 72.1 Å². The number of nitrogens with zero attached hydrogens (tertiary/aromatic N) is 2. The molecular weight excluding hydrogens is 179 g/mol. The maximum Gasteiger partial charge on any atom is 0.735 e. The molecule has 4 atom stereocenters. The molecule has 12 heavy (non-hydrogen) atoms. The van der Waals surface area contributed by atoms with E-state index in [1.54, 1.807) is 10.1 Å².